The van der Waals surface area contributed by atoms with Crippen LogP contribution in [0.1, 0.15) is 41.5 Å². The van der Waals surface area contributed by atoms with E-state index >= 15 is 0 Å². The van der Waals surface area contributed by atoms with E-state index in [2.05, 4.69) is 21.3 Å². The van der Waals surface area contributed by atoms with Crippen LogP contribution in [0.5, 0.6) is 5.88 Å². The number of hydrogen-bond acceptors (Lipinski definition) is 4. The highest BCUT2D eigenvalue weighted by Crippen LogP contribution is 2.35. The van der Waals surface area contributed by atoms with E-state index < -0.39 is 11.7 Å². The second-order valence-electron chi connectivity index (χ2n) is 7.71. The number of alkyl halides is 3. The van der Waals surface area contributed by atoms with Crippen molar-refractivity contribution in [1.29, 1.82) is 0 Å². The van der Waals surface area contributed by atoms with Gasteiger partial charge in [0.1, 0.15) is 5.82 Å². The molecule has 2 aliphatic rings. The van der Waals surface area contributed by atoms with Crippen molar-refractivity contribution in [1.82, 2.24) is 9.88 Å². The van der Waals surface area contributed by atoms with Crippen LogP contribution >= 0.6 is 0 Å². The van der Waals surface area contributed by atoms with Crippen LogP contribution < -0.4 is 10.1 Å². The zero-order valence-electron chi connectivity index (χ0n) is 16.4. The van der Waals surface area contributed by atoms with Crippen LogP contribution in [-0.2, 0) is 25.6 Å². The number of anilines is 1. The van der Waals surface area contributed by atoms with Gasteiger partial charge >= 0.3 is 6.18 Å². The number of halogens is 3. The van der Waals surface area contributed by atoms with E-state index in [0.29, 0.717) is 37.6 Å². The number of aromatic nitrogens is 1. The molecule has 0 saturated heterocycles. The van der Waals surface area contributed by atoms with Gasteiger partial charge in [0.25, 0.3) is 0 Å². The number of hydrogen-bond donors (Lipinski definition) is 1. The molecule has 0 saturated carbocycles. The smallest absolute Gasteiger partial charge is 0.416 e. The second-order valence-corrected chi connectivity index (χ2v) is 7.71. The lowest BCUT2D eigenvalue weighted by atomic mass is 9.94. The Kier molecular flexibility index (Phi) is 5.94. The van der Waals surface area contributed by atoms with E-state index in [4.69, 9.17) is 4.74 Å². The normalized spacial score (nSPS) is 16.7. The van der Waals surface area contributed by atoms with Gasteiger partial charge in [-0.2, -0.15) is 18.2 Å². The molecule has 0 spiro atoms. The maximum absolute atomic E-state index is 13.2. The number of benzene rings is 1. The third-order valence-corrected chi connectivity index (χ3v) is 5.64. The van der Waals surface area contributed by atoms with Gasteiger partial charge in [-0.05, 0) is 67.5 Å². The average molecular weight is 405 g/mol. The van der Waals surface area contributed by atoms with Crippen LogP contribution in [0, 0.1) is 0 Å². The molecule has 2 aromatic rings. The summed E-state index contributed by atoms with van der Waals surface area (Å²) in [5.41, 5.74) is 2.03. The van der Waals surface area contributed by atoms with Crippen LogP contribution in [-0.4, -0.2) is 36.1 Å². The molecule has 1 N–H and O–H groups in total. The minimum Gasteiger partial charge on any atom is -0.478 e. The number of pyridine rings is 1. The third-order valence-electron chi connectivity index (χ3n) is 5.64. The van der Waals surface area contributed by atoms with Crippen molar-refractivity contribution >= 4 is 5.82 Å². The number of nitrogens with one attached hydrogen (secondary N) is 1. The van der Waals surface area contributed by atoms with Gasteiger partial charge in [0.2, 0.25) is 5.88 Å². The van der Waals surface area contributed by atoms with E-state index in [0.717, 1.165) is 50.2 Å². The van der Waals surface area contributed by atoms with E-state index in [1.54, 1.807) is 0 Å². The predicted molar refractivity (Wildman–Crippen MR) is 106 cm³/mol. The highest BCUT2D eigenvalue weighted by molar-refractivity contribution is 5.48. The minimum absolute atomic E-state index is 0.452. The van der Waals surface area contributed by atoms with Crippen molar-refractivity contribution in [2.75, 3.05) is 31.6 Å². The maximum atomic E-state index is 13.2. The van der Waals surface area contributed by atoms with Crippen molar-refractivity contribution in [2.24, 2.45) is 0 Å². The van der Waals surface area contributed by atoms with E-state index in [1.165, 1.54) is 17.7 Å². The number of nitrogens with zero attached hydrogens (tertiary/aromatic N) is 2. The highest BCUT2D eigenvalue weighted by atomic mass is 19.4. The Labute approximate surface area is 169 Å². The summed E-state index contributed by atoms with van der Waals surface area (Å²) in [7, 11) is 0. The van der Waals surface area contributed by atoms with Crippen LogP contribution in [0.25, 0.3) is 0 Å². The van der Waals surface area contributed by atoms with Crippen LogP contribution in [0.3, 0.4) is 0 Å². The Hall–Kier alpha value is -2.28. The van der Waals surface area contributed by atoms with Crippen LogP contribution in [0.4, 0.5) is 19.0 Å². The quantitative estimate of drug-likeness (QED) is 0.709. The topological polar surface area (TPSA) is 37.4 Å². The Morgan fingerprint density at radius 3 is 2.83 bits per heavy atom. The van der Waals surface area contributed by atoms with Crippen molar-refractivity contribution in [3.63, 3.8) is 0 Å². The molecule has 0 fully saturated rings. The Morgan fingerprint density at radius 2 is 1.97 bits per heavy atom. The van der Waals surface area contributed by atoms with Gasteiger partial charge in [0.15, 0.2) is 0 Å². The van der Waals surface area contributed by atoms with Gasteiger partial charge in [0.05, 0.1) is 12.2 Å². The Bertz CT molecular complexity index is 854. The zero-order valence-corrected chi connectivity index (χ0v) is 16.4. The SMILES string of the molecule is FC(F)(F)c1cccc2c1CCN(CCCCOc1ccc3c(n1)NCCC3)C2. The van der Waals surface area contributed by atoms with Gasteiger partial charge < -0.3 is 10.1 Å². The summed E-state index contributed by atoms with van der Waals surface area (Å²) < 4.78 is 45.2. The molecule has 1 aromatic carbocycles. The highest BCUT2D eigenvalue weighted by Gasteiger charge is 2.35. The van der Waals surface area contributed by atoms with Gasteiger partial charge in [-0.15, -0.1) is 0 Å². The molecule has 4 rings (SSSR count). The molecule has 7 heteroatoms. The fourth-order valence-corrected chi connectivity index (χ4v) is 4.13. The molecule has 3 heterocycles. The summed E-state index contributed by atoms with van der Waals surface area (Å²) in [6.45, 7) is 3.65. The van der Waals surface area contributed by atoms with E-state index in [1.807, 2.05) is 12.1 Å². The molecule has 156 valence electrons. The number of aryl methyl sites for hydroxylation is 1. The summed E-state index contributed by atoms with van der Waals surface area (Å²) in [6.07, 6.45) is 0.195. The largest absolute Gasteiger partial charge is 0.478 e. The molecule has 0 radical (unpaired) electrons. The fraction of sp³-hybridized carbons (Fsp3) is 0.500. The first-order valence-corrected chi connectivity index (χ1v) is 10.3. The lowest BCUT2D eigenvalue weighted by Gasteiger charge is -2.30. The molecule has 0 atom stereocenters. The number of rotatable bonds is 6. The molecule has 0 unspecified atom stereocenters. The number of fused-ring (bicyclic) bond motifs is 2. The molecule has 0 bridgehead atoms. The van der Waals surface area contributed by atoms with E-state index in [9.17, 15) is 13.2 Å². The molecule has 0 amide bonds. The summed E-state index contributed by atoms with van der Waals surface area (Å²) in [5, 5.41) is 3.30. The summed E-state index contributed by atoms with van der Waals surface area (Å²) in [6, 6.07) is 8.51. The average Bonchev–Trinajstić information content (AvgIpc) is 2.72. The number of ether oxygens (including phenoxy) is 1. The standard InChI is InChI=1S/C22H26F3N3O/c23-22(24,25)19-7-3-5-17-15-28(13-10-18(17)19)12-1-2-14-29-20-9-8-16-6-4-11-26-21(16)27-20/h3,5,7-9H,1-2,4,6,10-15H2,(H,26,27). The van der Waals surface area contributed by atoms with Gasteiger partial charge in [-0.25, -0.2) is 0 Å². The van der Waals surface area contributed by atoms with Crippen molar-refractivity contribution in [2.45, 2.75) is 44.8 Å². The van der Waals surface area contributed by atoms with Crippen molar-refractivity contribution < 1.29 is 17.9 Å². The first-order valence-electron chi connectivity index (χ1n) is 10.3. The molecule has 1 aromatic heterocycles. The molecule has 29 heavy (non-hydrogen) atoms. The monoisotopic (exact) mass is 405 g/mol. The zero-order chi connectivity index (χ0) is 20.3. The second kappa shape index (κ2) is 8.61. The molecule has 4 nitrogen and oxygen atoms in total. The van der Waals surface area contributed by atoms with Crippen molar-refractivity contribution in [3.05, 3.63) is 52.6 Å². The first-order chi connectivity index (χ1) is 14.0. The molecular formula is C22H26F3N3O. The molecule has 0 aliphatic carbocycles. The lowest BCUT2D eigenvalue weighted by molar-refractivity contribution is -0.138. The third kappa shape index (κ3) is 4.83. The summed E-state index contributed by atoms with van der Waals surface area (Å²) in [4.78, 5) is 6.74. The summed E-state index contributed by atoms with van der Waals surface area (Å²) >= 11 is 0. The van der Waals surface area contributed by atoms with E-state index in [-0.39, 0.29) is 0 Å². The minimum atomic E-state index is -4.27. The van der Waals surface area contributed by atoms with Crippen LogP contribution in [0.15, 0.2) is 30.3 Å². The fourth-order valence-electron chi connectivity index (χ4n) is 4.13. The van der Waals surface area contributed by atoms with Gasteiger partial charge in [-0.3, -0.25) is 4.90 Å². The lowest BCUT2D eigenvalue weighted by Crippen LogP contribution is -2.32. The maximum Gasteiger partial charge on any atom is 0.416 e. The Morgan fingerprint density at radius 1 is 1.07 bits per heavy atom. The van der Waals surface area contributed by atoms with Gasteiger partial charge in [-0.1, -0.05) is 12.1 Å². The molecular weight excluding hydrogens is 379 g/mol. The summed E-state index contributed by atoms with van der Waals surface area (Å²) in [5.74, 6) is 1.57. The Balaban J connectivity index is 1.22. The van der Waals surface area contributed by atoms with Crippen molar-refractivity contribution in [3.8, 4) is 5.88 Å². The first kappa shape index (κ1) is 20.0. The van der Waals surface area contributed by atoms with Gasteiger partial charge in [0, 0.05) is 25.7 Å². The molecule has 2 aliphatic heterocycles. The number of unbranched alkanes of at least 4 members (excludes halogenated alkanes) is 1. The van der Waals surface area contributed by atoms with Crippen LogP contribution in [0.2, 0.25) is 0 Å². The predicted octanol–water partition coefficient (Wildman–Crippen LogP) is 4.68.